The number of amides is 5. The fourth-order valence-electron chi connectivity index (χ4n) is 6.15. The summed E-state index contributed by atoms with van der Waals surface area (Å²) in [4.78, 5) is 83.3. The van der Waals surface area contributed by atoms with Crippen LogP contribution >= 0.6 is 11.6 Å². The van der Waals surface area contributed by atoms with Crippen molar-refractivity contribution in [3.05, 3.63) is 77.0 Å². The average molecular weight is 727 g/mol. The number of hydrogen-bond acceptors (Lipinski definition) is 9. The van der Waals surface area contributed by atoms with Crippen LogP contribution in [0.1, 0.15) is 44.4 Å². The van der Waals surface area contributed by atoms with Crippen LogP contribution in [0, 0.1) is 11.3 Å². The molecule has 0 bridgehead atoms. The molecule has 4 atom stereocenters. The first-order valence-electron chi connectivity index (χ1n) is 16.0. The number of esters is 1. The first-order valence-corrected chi connectivity index (χ1v) is 17.9. The van der Waals surface area contributed by atoms with Gasteiger partial charge in [0.15, 0.2) is 5.78 Å². The predicted octanol–water partition coefficient (Wildman–Crippen LogP) is 2.91. The number of methoxy groups -OCH3 is 1. The Morgan fingerprint density at radius 1 is 1.00 bits per heavy atom. The minimum atomic E-state index is -1.69. The van der Waals surface area contributed by atoms with Crippen LogP contribution in [0.15, 0.2) is 65.9 Å². The second kappa shape index (κ2) is 15.1. The zero-order valence-electron chi connectivity index (χ0n) is 28.2. The molecule has 0 aromatic heterocycles. The lowest BCUT2D eigenvalue weighted by molar-refractivity contribution is -0.156. The van der Waals surface area contributed by atoms with Gasteiger partial charge in [-0.3, -0.25) is 33.2 Å². The standard InChI is InChI=1S/C35H39ClN4O9S/c1-35(2,3)20-38-14-15-39(31(44)30(38)43)34(46)37-27(22-8-6-5-7-9-22)26(41)16-25-29(42)40-28(23(17-36)19-50(47)32(25)40)33(45)49-18-21-10-12-24(48-4)13-11-21/h5-13,25,27,32H,14-20H2,1-4H3,(H,37,46)/t25-,27-,32-,50?/m1/s1. The molecule has 2 fully saturated rings. The number of ether oxygens (including phenoxy) is 2. The lowest BCUT2D eigenvalue weighted by Gasteiger charge is -2.49. The predicted molar refractivity (Wildman–Crippen MR) is 183 cm³/mol. The Balaban J connectivity index is 1.30. The zero-order chi connectivity index (χ0) is 36.3. The van der Waals surface area contributed by atoms with Crippen molar-refractivity contribution < 1.29 is 42.4 Å². The first kappa shape index (κ1) is 36.7. The Kier molecular flexibility index (Phi) is 11.1. The highest BCUT2D eigenvalue weighted by Crippen LogP contribution is 2.42. The number of alkyl halides is 1. The molecule has 1 N–H and O–H groups in total. The summed E-state index contributed by atoms with van der Waals surface area (Å²) in [6.07, 6.45) is -0.414. The lowest BCUT2D eigenvalue weighted by Crippen LogP contribution is -2.66. The van der Waals surface area contributed by atoms with Gasteiger partial charge in [0.05, 0.1) is 18.8 Å². The molecular formula is C35H39ClN4O9S. The second-order valence-electron chi connectivity index (χ2n) is 13.4. The van der Waals surface area contributed by atoms with Crippen molar-refractivity contribution in [3.63, 3.8) is 0 Å². The molecule has 2 aromatic rings. The number of halogens is 1. The van der Waals surface area contributed by atoms with Crippen LogP contribution in [-0.2, 0) is 46.1 Å². The third kappa shape index (κ3) is 7.76. The number of hydrogen-bond donors (Lipinski definition) is 1. The van der Waals surface area contributed by atoms with Crippen LogP contribution < -0.4 is 10.1 Å². The van der Waals surface area contributed by atoms with E-state index >= 15 is 0 Å². The Bertz CT molecular complexity index is 1740. The van der Waals surface area contributed by atoms with E-state index in [2.05, 4.69) is 5.32 Å². The topological polar surface area (TPSA) is 160 Å². The number of β-lactam (4-membered cyclic amide) rings is 1. The number of nitrogens with one attached hydrogen (secondary N) is 1. The number of urea groups is 1. The molecule has 0 radical (unpaired) electrons. The zero-order valence-corrected chi connectivity index (χ0v) is 29.8. The lowest BCUT2D eigenvalue weighted by atomic mass is 9.87. The summed E-state index contributed by atoms with van der Waals surface area (Å²) in [5.74, 6) is -4.50. The van der Waals surface area contributed by atoms with Crippen molar-refractivity contribution >= 4 is 57.9 Å². The molecule has 0 saturated carbocycles. The fraction of sp³-hybridized carbons (Fsp3) is 0.429. The Morgan fingerprint density at radius 3 is 2.30 bits per heavy atom. The molecule has 3 aliphatic rings. The maximum Gasteiger partial charge on any atom is 0.355 e. The Morgan fingerprint density at radius 2 is 1.68 bits per heavy atom. The van der Waals surface area contributed by atoms with Crippen molar-refractivity contribution in [2.45, 2.75) is 45.2 Å². The van der Waals surface area contributed by atoms with E-state index in [9.17, 15) is 33.0 Å². The van der Waals surface area contributed by atoms with Crippen LogP contribution in [0.4, 0.5) is 4.79 Å². The van der Waals surface area contributed by atoms with Gasteiger partial charge in [-0.2, -0.15) is 0 Å². The Labute approximate surface area is 297 Å². The number of piperazine rings is 1. The van der Waals surface area contributed by atoms with Gasteiger partial charge in [-0.05, 0) is 34.2 Å². The number of imide groups is 1. The van der Waals surface area contributed by atoms with Gasteiger partial charge in [0.2, 0.25) is 5.91 Å². The van der Waals surface area contributed by atoms with Crippen LogP contribution in [0.5, 0.6) is 5.75 Å². The molecule has 5 amide bonds. The Hall–Kier alpha value is -4.56. The summed E-state index contributed by atoms with van der Waals surface area (Å²) in [6.45, 7) is 6.09. The van der Waals surface area contributed by atoms with Gasteiger partial charge < -0.3 is 19.7 Å². The monoisotopic (exact) mass is 726 g/mol. The summed E-state index contributed by atoms with van der Waals surface area (Å²) in [6, 6.07) is 12.9. The normalized spacial score (nSPS) is 21.3. The van der Waals surface area contributed by atoms with Gasteiger partial charge in [0.1, 0.15) is 29.5 Å². The van der Waals surface area contributed by atoms with Gasteiger partial charge in [-0.1, -0.05) is 63.2 Å². The van der Waals surface area contributed by atoms with Crippen molar-refractivity contribution in [3.8, 4) is 5.75 Å². The molecule has 15 heteroatoms. The van der Waals surface area contributed by atoms with Crippen molar-refractivity contribution in [1.29, 1.82) is 0 Å². The van der Waals surface area contributed by atoms with Crippen molar-refractivity contribution in [1.82, 2.24) is 20.0 Å². The van der Waals surface area contributed by atoms with Crippen LogP contribution in [0.2, 0.25) is 0 Å². The number of carbonyl (C=O) groups excluding carboxylic acids is 6. The SMILES string of the molecule is COc1ccc(COC(=O)C2=C(CCl)CS(=O)[C@@H]3[C@H](CC(=O)[C@H](NC(=O)N4CCN(CC(C)(C)C)C(=O)C4=O)c4ccccc4)C(=O)N23)cc1. The summed E-state index contributed by atoms with van der Waals surface area (Å²) in [5, 5.41) is 1.59. The van der Waals surface area contributed by atoms with Crippen LogP contribution in [0.25, 0.3) is 0 Å². The molecular weight excluding hydrogens is 688 g/mol. The number of rotatable bonds is 11. The molecule has 0 spiro atoms. The van der Waals surface area contributed by atoms with E-state index in [1.807, 2.05) is 20.8 Å². The molecule has 2 saturated heterocycles. The summed E-state index contributed by atoms with van der Waals surface area (Å²) in [7, 11) is -0.160. The third-order valence-corrected chi connectivity index (χ3v) is 10.6. The number of nitrogens with zero attached hydrogens (tertiary/aromatic N) is 3. The van der Waals surface area contributed by atoms with Gasteiger partial charge in [0.25, 0.3) is 0 Å². The highest BCUT2D eigenvalue weighted by Gasteiger charge is 2.57. The quantitative estimate of drug-likeness (QED) is 0.159. The number of ketones is 1. The average Bonchev–Trinajstić information content (AvgIpc) is 3.09. The molecule has 3 heterocycles. The molecule has 2 aromatic carbocycles. The first-order chi connectivity index (χ1) is 23.7. The van der Waals surface area contributed by atoms with Gasteiger partial charge in [0, 0.05) is 42.7 Å². The minimum absolute atomic E-state index is 0.0636. The van der Waals surface area contributed by atoms with E-state index in [1.54, 1.807) is 54.6 Å². The van der Waals surface area contributed by atoms with E-state index < -0.39 is 70.1 Å². The maximum atomic E-state index is 13.9. The molecule has 266 valence electrons. The van der Waals surface area contributed by atoms with Gasteiger partial charge in [-0.25, -0.2) is 9.59 Å². The molecule has 5 rings (SSSR count). The molecule has 0 aliphatic carbocycles. The van der Waals surface area contributed by atoms with Crippen LogP contribution in [-0.4, -0.2) is 98.2 Å². The largest absolute Gasteiger partial charge is 0.497 e. The molecule has 13 nitrogen and oxygen atoms in total. The van der Waals surface area contributed by atoms with Gasteiger partial charge in [-0.15, -0.1) is 11.6 Å². The maximum absolute atomic E-state index is 13.9. The highest BCUT2D eigenvalue weighted by atomic mass is 35.5. The van der Waals surface area contributed by atoms with Crippen molar-refractivity contribution in [2.75, 3.05) is 38.4 Å². The number of benzene rings is 2. The highest BCUT2D eigenvalue weighted by molar-refractivity contribution is 7.86. The van der Waals surface area contributed by atoms with E-state index in [0.717, 1.165) is 9.80 Å². The van der Waals surface area contributed by atoms with E-state index in [-0.39, 0.29) is 48.0 Å². The second-order valence-corrected chi connectivity index (χ2v) is 15.2. The number of fused-ring (bicyclic) bond motifs is 1. The third-order valence-electron chi connectivity index (χ3n) is 8.56. The van der Waals surface area contributed by atoms with Crippen LogP contribution in [0.3, 0.4) is 0 Å². The molecule has 3 aliphatic heterocycles. The molecule has 1 unspecified atom stereocenters. The number of Topliss-reactive ketones (excluding diaryl/α,β-unsaturated/α-hetero) is 1. The molecule has 50 heavy (non-hydrogen) atoms. The van der Waals surface area contributed by atoms with Crippen molar-refractivity contribution in [2.24, 2.45) is 11.3 Å². The number of carbonyl (C=O) groups is 6. The van der Waals surface area contributed by atoms with Gasteiger partial charge >= 0.3 is 23.8 Å². The smallest absolute Gasteiger partial charge is 0.355 e. The summed E-state index contributed by atoms with van der Waals surface area (Å²) < 4.78 is 24.0. The minimum Gasteiger partial charge on any atom is -0.497 e. The summed E-state index contributed by atoms with van der Waals surface area (Å²) in [5.41, 5.74) is 0.996. The van der Waals surface area contributed by atoms with E-state index in [4.69, 9.17) is 21.1 Å². The van der Waals surface area contributed by atoms with E-state index in [1.165, 1.54) is 12.0 Å². The summed E-state index contributed by atoms with van der Waals surface area (Å²) >= 11 is 6.12. The van der Waals surface area contributed by atoms with E-state index in [0.29, 0.717) is 23.4 Å². The fourth-order valence-corrected chi connectivity index (χ4v) is 8.26.